The molecule has 0 saturated heterocycles. The second-order valence-electron chi connectivity index (χ2n) is 6.75. The van der Waals surface area contributed by atoms with Crippen LogP contribution in [0.2, 0.25) is 0 Å². The van der Waals surface area contributed by atoms with E-state index >= 15 is 0 Å². The van der Waals surface area contributed by atoms with Crippen molar-refractivity contribution in [1.82, 2.24) is 5.32 Å². The Bertz CT molecular complexity index is 374. The fourth-order valence-electron chi connectivity index (χ4n) is 4.11. The van der Waals surface area contributed by atoms with E-state index in [0.717, 1.165) is 25.7 Å². The summed E-state index contributed by atoms with van der Waals surface area (Å²) in [5, 5.41) is 12.5. The molecule has 0 aromatic carbocycles. The van der Waals surface area contributed by atoms with Crippen molar-refractivity contribution in [3.63, 3.8) is 0 Å². The summed E-state index contributed by atoms with van der Waals surface area (Å²) in [6.45, 7) is 4.40. The molecular weight excluding hydrogens is 254 g/mol. The van der Waals surface area contributed by atoms with Gasteiger partial charge < -0.3 is 10.4 Å². The normalized spacial score (nSPS) is 32.2. The van der Waals surface area contributed by atoms with Crippen molar-refractivity contribution >= 4 is 11.9 Å². The van der Waals surface area contributed by atoms with E-state index < -0.39 is 11.4 Å². The predicted octanol–water partition coefficient (Wildman–Crippen LogP) is 2.96. The molecule has 3 atom stereocenters. The highest BCUT2D eigenvalue weighted by Crippen LogP contribution is 2.41. The van der Waals surface area contributed by atoms with Crippen LogP contribution in [0.15, 0.2) is 0 Å². The molecule has 2 N–H and O–H groups in total. The summed E-state index contributed by atoms with van der Waals surface area (Å²) in [5.41, 5.74) is -0.796. The maximum absolute atomic E-state index is 12.2. The number of carboxylic acid groups (broad SMARTS) is 1. The minimum Gasteiger partial charge on any atom is -0.481 e. The van der Waals surface area contributed by atoms with Gasteiger partial charge in [-0.2, -0.15) is 0 Å². The summed E-state index contributed by atoms with van der Waals surface area (Å²) in [6.07, 6.45) is 6.67. The molecular formula is C16H27NO3. The first-order valence-corrected chi connectivity index (χ1v) is 8.01. The third-order valence-electron chi connectivity index (χ3n) is 5.61. The van der Waals surface area contributed by atoms with Crippen LogP contribution in [-0.2, 0) is 9.59 Å². The minimum absolute atomic E-state index is 0.0668. The van der Waals surface area contributed by atoms with Gasteiger partial charge in [-0.1, -0.05) is 33.1 Å². The molecule has 0 spiro atoms. The lowest BCUT2D eigenvalue weighted by Gasteiger charge is -2.26. The third kappa shape index (κ3) is 2.99. The smallest absolute Gasteiger partial charge is 0.310 e. The van der Waals surface area contributed by atoms with E-state index in [1.54, 1.807) is 0 Å². The number of nitrogens with one attached hydrogen (secondary N) is 1. The third-order valence-corrected chi connectivity index (χ3v) is 5.61. The molecule has 0 aliphatic heterocycles. The van der Waals surface area contributed by atoms with Crippen LogP contribution in [0.1, 0.15) is 65.2 Å². The summed E-state index contributed by atoms with van der Waals surface area (Å²) in [6, 6.07) is 0.236. The van der Waals surface area contributed by atoms with E-state index in [-0.39, 0.29) is 18.4 Å². The number of hydrogen-bond donors (Lipinski definition) is 2. The number of amides is 1. The van der Waals surface area contributed by atoms with Crippen molar-refractivity contribution in [1.29, 1.82) is 0 Å². The Hall–Kier alpha value is -1.06. The molecule has 3 unspecified atom stereocenters. The number of rotatable bonds is 5. The van der Waals surface area contributed by atoms with Crippen LogP contribution in [0.4, 0.5) is 0 Å². The van der Waals surface area contributed by atoms with Gasteiger partial charge in [-0.25, -0.2) is 0 Å². The van der Waals surface area contributed by atoms with Gasteiger partial charge in [-0.05, 0) is 37.5 Å². The number of carbonyl (C=O) groups is 2. The van der Waals surface area contributed by atoms with Gasteiger partial charge >= 0.3 is 5.97 Å². The lowest BCUT2D eigenvalue weighted by molar-refractivity contribution is -0.151. The maximum atomic E-state index is 12.2. The van der Waals surface area contributed by atoms with E-state index in [1.807, 2.05) is 0 Å². The van der Waals surface area contributed by atoms with Gasteiger partial charge in [0.25, 0.3) is 0 Å². The Morgan fingerprint density at radius 1 is 1.25 bits per heavy atom. The quantitative estimate of drug-likeness (QED) is 0.814. The predicted molar refractivity (Wildman–Crippen MR) is 77.3 cm³/mol. The highest BCUT2D eigenvalue weighted by atomic mass is 16.4. The number of carboxylic acids is 1. The molecule has 1 amide bonds. The van der Waals surface area contributed by atoms with Gasteiger partial charge in [0.05, 0.1) is 5.41 Å². The van der Waals surface area contributed by atoms with Crippen LogP contribution in [0, 0.1) is 17.3 Å². The molecule has 0 aromatic heterocycles. The van der Waals surface area contributed by atoms with Gasteiger partial charge in [0.1, 0.15) is 0 Å². The molecule has 2 rings (SSSR count). The lowest BCUT2D eigenvalue weighted by atomic mass is 9.82. The van der Waals surface area contributed by atoms with E-state index in [1.165, 1.54) is 6.42 Å². The zero-order valence-electron chi connectivity index (χ0n) is 12.7. The van der Waals surface area contributed by atoms with Gasteiger partial charge in [-0.15, -0.1) is 0 Å². The highest BCUT2D eigenvalue weighted by molar-refractivity contribution is 5.85. The molecule has 4 nitrogen and oxygen atoms in total. The van der Waals surface area contributed by atoms with Crippen LogP contribution in [-0.4, -0.2) is 23.0 Å². The Morgan fingerprint density at radius 3 is 2.40 bits per heavy atom. The van der Waals surface area contributed by atoms with Crippen LogP contribution in [0.25, 0.3) is 0 Å². The molecule has 20 heavy (non-hydrogen) atoms. The Balaban J connectivity index is 1.91. The standard InChI is InChI=1S/C16H27NO3/c1-3-12-6-7-13(11(12)2)17-14(18)10-16(15(19)20)8-4-5-9-16/h11-13H,3-10H2,1-2H3,(H,17,18)(H,19,20). The first kappa shape index (κ1) is 15.3. The topological polar surface area (TPSA) is 66.4 Å². The molecule has 2 aliphatic rings. The molecule has 0 bridgehead atoms. The Labute approximate surface area is 121 Å². The van der Waals surface area contributed by atoms with Crippen LogP contribution < -0.4 is 5.32 Å². The Morgan fingerprint density at radius 2 is 1.90 bits per heavy atom. The summed E-state index contributed by atoms with van der Waals surface area (Å²) >= 11 is 0. The van der Waals surface area contributed by atoms with Crippen LogP contribution in [0.5, 0.6) is 0 Å². The SMILES string of the molecule is CCC1CCC(NC(=O)CC2(C(=O)O)CCCC2)C1C. The number of hydrogen-bond acceptors (Lipinski definition) is 2. The van der Waals surface area contributed by atoms with Crippen molar-refractivity contribution < 1.29 is 14.7 Å². The molecule has 2 fully saturated rings. The monoisotopic (exact) mass is 281 g/mol. The molecule has 2 aliphatic carbocycles. The van der Waals surface area contributed by atoms with E-state index in [2.05, 4.69) is 19.2 Å². The molecule has 114 valence electrons. The number of carbonyl (C=O) groups excluding carboxylic acids is 1. The van der Waals surface area contributed by atoms with E-state index in [0.29, 0.717) is 24.7 Å². The minimum atomic E-state index is -0.796. The Kier molecular flexibility index (Phi) is 4.71. The first-order chi connectivity index (χ1) is 9.48. The zero-order valence-corrected chi connectivity index (χ0v) is 12.7. The molecule has 4 heteroatoms. The zero-order chi connectivity index (χ0) is 14.8. The fourth-order valence-corrected chi connectivity index (χ4v) is 4.11. The van der Waals surface area contributed by atoms with Crippen molar-refractivity contribution in [2.24, 2.45) is 17.3 Å². The van der Waals surface area contributed by atoms with Crippen molar-refractivity contribution in [2.75, 3.05) is 0 Å². The van der Waals surface area contributed by atoms with Crippen molar-refractivity contribution in [3.05, 3.63) is 0 Å². The molecule has 0 aromatic rings. The molecule has 2 saturated carbocycles. The first-order valence-electron chi connectivity index (χ1n) is 8.01. The summed E-state index contributed by atoms with van der Waals surface area (Å²) < 4.78 is 0. The van der Waals surface area contributed by atoms with Crippen LogP contribution in [0.3, 0.4) is 0 Å². The lowest BCUT2D eigenvalue weighted by Crippen LogP contribution is -2.41. The molecule has 0 heterocycles. The van der Waals surface area contributed by atoms with E-state index in [9.17, 15) is 14.7 Å². The van der Waals surface area contributed by atoms with Gasteiger partial charge in [0.15, 0.2) is 0 Å². The van der Waals surface area contributed by atoms with E-state index in [4.69, 9.17) is 0 Å². The average molecular weight is 281 g/mol. The van der Waals surface area contributed by atoms with Crippen molar-refractivity contribution in [2.45, 2.75) is 71.3 Å². The second kappa shape index (κ2) is 6.15. The largest absolute Gasteiger partial charge is 0.481 e. The fraction of sp³-hybridized carbons (Fsp3) is 0.875. The van der Waals surface area contributed by atoms with Gasteiger partial charge in [0, 0.05) is 12.5 Å². The van der Waals surface area contributed by atoms with Crippen LogP contribution >= 0.6 is 0 Å². The highest BCUT2D eigenvalue weighted by Gasteiger charge is 2.43. The van der Waals surface area contributed by atoms with Crippen molar-refractivity contribution in [3.8, 4) is 0 Å². The average Bonchev–Trinajstić information content (AvgIpc) is 2.99. The maximum Gasteiger partial charge on any atom is 0.310 e. The molecule has 0 radical (unpaired) electrons. The summed E-state index contributed by atoms with van der Waals surface area (Å²) in [7, 11) is 0. The number of aliphatic carboxylic acids is 1. The second-order valence-corrected chi connectivity index (χ2v) is 6.75. The summed E-state index contributed by atoms with van der Waals surface area (Å²) in [4.78, 5) is 23.7. The van der Waals surface area contributed by atoms with Gasteiger partial charge in [-0.3, -0.25) is 9.59 Å². The summed E-state index contributed by atoms with van der Waals surface area (Å²) in [5.74, 6) is 0.340. The van der Waals surface area contributed by atoms with Gasteiger partial charge in [0.2, 0.25) is 5.91 Å².